The highest BCUT2D eigenvalue weighted by molar-refractivity contribution is 5.96. The van der Waals surface area contributed by atoms with Crippen molar-refractivity contribution in [2.75, 3.05) is 33.2 Å². The first-order valence-corrected chi connectivity index (χ1v) is 21.3. The van der Waals surface area contributed by atoms with Crippen molar-refractivity contribution in [3.05, 3.63) is 91.8 Å². The maximum Gasteiger partial charge on any atom is 0.413 e. The maximum atomic E-state index is 14.8. The Morgan fingerprint density at radius 1 is 0.866 bits per heavy atom. The van der Waals surface area contributed by atoms with Crippen LogP contribution in [0, 0.1) is 13.8 Å². The lowest BCUT2D eigenvalue weighted by atomic mass is 9.98. The zero-order valence-electron chi connectivity index (χ0n) is 37.9. The summed E-state index contributed by atoms with van der Waals surface area (Å²) < 4.78 is 60.7. The summed E-state index contributed by atoms with van der Waals surface area (Å²) in [4.78, 5) is 88.4. The number of aromatic amines is 2. The Morgan fingerprint density at radius 2 is 1.46 bits per heavy atom. The van der Waals surface area contributed by atoms with E-state index in [-0.39, 0.29) is 71.2 Å². The van der Waals surface area contributed by atoms with Gasteiger partial charge in [-0.25, -0.2) is 28.0 Å². The van der Waals surface area contributed by atoms with Gasteiger partial charge >= 0.3 is 18.4 Å². The number of halogens is 3. The van der Waals surface area contributed by atoms with E-state index in [4.69, 9.17) is 9.47 Å². The number of likely N-dealkylation sites (N-methyl/N-ethyl adjacent to an activating group) is 1. The molecule has 6 aromatic rings. The SMILES string of the molecule is Cc1c(C(=O)N2CC[C@H](N(C)C(=O)OC(C)(C)C)C2)cnn1-c1nn2cc(CC(C)(C)OC(=O)NC3(C(F)(F)F)CCN(C(=O)c4cnn(-c5nn6cccc6c(=O)[nH]5)c4C)C3)cc2c(=O)[nH]1. The van der Waals surface area contributed by atoms with Crippen molar-refractivity contribution in [3.63, 3.8) is 0 Å². The molecule has 3 N–H and O–H groups in total. The number of alkyl halides is 3. The predicted molar refractivity (Wildman–Crippen MR) is 230 cm³/mol. The monoisotopic (exact) mass is 934 g/mol. The van der Waals surface area contributed by atoms with E-state index in [0.717, 1.165) is 4.90 Å². The second kappa shape index (κ2) is 16.4. The molecule has 0 radical (unpaired) electrons. The molecule has 8 rings (SSSR count). The van der Waals surface area contributed by atoms with Crippen LogP contribution in [-0.4, -0.2) is 150 Å². The molecule has 25 heteroatoms. The first-order valence-electron chi connectivity index (χ1n) is 21.3. The first kappa shape index (κ1) is 46.1. The van der Waals surface area contributed by atoms with Crippen molar-refractivity contribution >= 4 is 35.0 Å². The number of likely N-dealkylation sites (tertiary alicyclic amines) is 2. The standard InChI is InChI=1S/C42H49F3N14O8/c1-23-27(33(62)54-14-11-26(21-54)53(8)38(65)67-39(3,4)5)18-46-59(23)36-49-32(61)30-16-25(20-57(30)52-36)17-40(6,7)66-37(64)50-41(42(43,44)45)12-15-55(22-41)34(63)28-19-47-58(24(28)2)35-48-31(60)29-10-9-13-56(29)51-35/h9-10,13,16,18-20,26H,11-12,14-15,17,21-22H2,1-8H3,(H,50,64)(H,48,51,60)(H,49,52,61)/t26-,41?/m0/s1. The quantitative estimate of drug-likeness (QED) is 0.189. The third-order valence-electron chi connectivity index (χ3n) is 11.9. The predicted octanol–water partition coefficient (Wildman–Crippen LogP) is 3.32. The summed E-state index contributed by atoms with van der Waals surface area (Å²) in [6, 6.07) is 4.42. The molecule has 0 aliphatic carbocycles. The Morgan fingerprint density at radius 3 is 2.07 bits per heavy atom. The smallest absolute Gasteiger partial charge is 0.413 e. The average molecular weight is 935 g/mol. The van der Waals surface area contributed by atoms with E-state index < -0.39 is 65.1 Å². The Balaban J connectivity index is 0.917. The Kier molecular flexibility index (Phi) is 11.3. The number of alkyl carbamates (subject to hydrolysis) is 1. The van der Waals surface area contributed by atoms with E-state index in [1.54, 1.807) is 58.0 Å². The lowest BCUT2D eigenvalue weighted by Crippen LogP contribution is -2.61. The molecule has 22 nitrogen and oxygen atoms in total. The molecule has 2 fully saturated rings. The molecule has 0 aromatic carbocycles. The molecular formula is C42H49F3N14O8. The molecule has 2 saturated heterocycles. The van der Waals surface area contributed by atoms with Gasteiger partial charge in [-0.2, -0.15) is 23.4 Å². The number of ether oxygens (including phenoxy) is 2. The van der Waals surface area contributed by atoms with E-state index in [0.29, 0.717) is 24.2 Å². The zero-order valence-corrected chi connectivity index (χ0v) is 37.9. The number of amides is 4. The van der Waals surface area contributed by atoms with Crippen LogP contribution in [0.1, 0.15) is 85.1 Å². The van der Waals surface area contributed by atoms with E-state index in [2.05, 4.69) is 30.4 Å². The highest BCUT2D eigenvalue weighted by Crippen LogP contribution is 2.39. The molecule has 0 bridgehead atoms. The van der Waals surface area contributed by atoms with Crippen molar-refractivity contribution in [1.82, 2.24) is 68.8 Å². The third-order valence-corrected chi connectivity index (χ3v) is 11.9. The largest absolute Gasteiger partial charge is 0.444 e. The number of hydrogen-bond donors (Lipinski definition) is 3. The minimum absolute atomic E-state index is 0.0105. The fraction of sp³-hybridized carbons (Fsp3) is 0.476. The van der Waals surface area contributed by atoms with E-state index in [9.17, 15) is 41.9 Å². The number of carbonyl (C=O) groups excluding carboxylic acids is 4. The summed E-state index contributed by atoms with van der Waals surface area (Å²) in [6.07, 6.45) is -1.44. The number of aromatic nitrogens is 10. The topological polar surface area (TPSA) is 244 Å². The van der Waals surface area contributed by atoms with Gasteiger partial charge in [-0.3, -0.25) is 29.1 Å². The Hall–Kier alpha value is -7.47. The van der Waals surface area contributed by atoms with Gasteiger partial charge in [0, 0.05) is 45.5 Å². The second-order valence-electron chi connectivity index (χ2n) is 18.5. The third kappa shape index (κ3) is 8.83. The van der Waals surface area contributed by atoms with Crippen molar-refractivity contribution < 1.29 is 41.8 Å². The molecule has 67 heavy (non-hydrogen) atoms. The fourth-order valence-corrected chi connectivity index (χ4v) is 8.39. The van der Waals surface area contributed by atoms with Gasteiger partial charge in [0.25, 0.3) is 22.9 Å². The molecule has 2 aliphatic heterocycles. The van der Waals surface area contributed by atoms with Gasteiger partial charge in [-0.1, -0.05) is 0 Å². The van der Waals surface area contributed by atoms with Crippen LogP contribution in [0.4, 0.5) is 22.8 Å². The van der Waals surface area contributed by atoms with Gasteiger partial charge in [0.2, 0.25) is 11.9 Å². The molecule has 2 aliphatic rings. The molecule has 8 heterocycles. The number of carbonyl (C=O) groups is 4. The molecule has 4 amide bonds. The van der Waals surface area contributed by atoms with Gasteiger partial charge in [0.05, 0.1) is 47.5 Å². The number of fused-ring (bicyclic) bond motifs is 2. The van der Waals surface area contributed by atoms with Gasteiger partial charge < -0.3 is 29.5 Å². The average Bonchev–Trinajstić information content (AvgIpc) is 4.08. The van der Waals surface area contributed by atoms with Crippen LogP contribution in [0.3, 0.4) is 0 Å². The van der Waals surface area contributed by atoms with Crippen LogP contribution in [0.2, 0.25) is 0 Å². The highest BCUT2D eigenvalue weighted by Gasteiger charge is 2.60. The van der Waals surface area contributed by atoms with Crippen molar-refractivity contribution in [2.24, 2.45) is 0 Å². The molecule has 1 unspecified atom stereocenters. The first-order chi connectivity index (χ1) is 31.3. The van der Waals surface area contributed by atoms with Crippen molar-refractivity contribution in [2.45, 2.75) is 96.7 Å². The maximum absolute atomic E-state index is 14.8. The lowest BCUT2D eigenvalue weighted by molar-refractivity contribution is -0.190. The van der Waals surface area contributed by atoms with Crippen LogP contribution in [0.15, 0.2) is 52.6 Å². The summed E-state index contributed by atoms with van der Waals surface area (Å²) in [7, 11) is 1.63. The van der Waals surface area contributed by atoms with Gasteiger partial charge in [0.15, 0.2) is 5.54 Å². The molecule has 2 atom stereocenters. The van der Waals surface area contributed by atoms with Gasteiger partial charge in [0.1, 0.15) is 22.2 Å². The van der Waals surface area contributed by atoms with Crippen LogP contribution in [-0.2, 0) is 15.9 Å². The summed E-state index contributed by atoms with van der Waals surface area (Å²) in [5.74, 6) is -1.12. The van der Waals surface area contributed by atoms with E-state index in [1.807, 2.05) is 5.32 Å². The Labute approximate surface area is 378 Å². The zero-order chi connectivity index (χ0) is 48.5. The number of H-pyrrole nitrogens is 2. The van der Waals surface area contributed by atoms with Gasteiger partial charge in [-0.15, -0.1) is 10.2 Å². The fourth-order valence-electron chi connectivity index (χ4n) is 8.39. The Bertz CT molecular complexity index is 3060. The summed E-state index contributed by atoms with van der Waals surface area (Å²) in [5.41, 5.74) is -4.31. The van der Waals surface area contributed by atoms with Crippen LogP contribution in [0.5, 0.6) is 0 Å². The van der Waals surface area contributed by atoms with Crippen molar-refractivity contribution in [1.29, 1.82) is 0 Å². The normalized spacial score (nSPS) is 18.0. The number of nitrogens with one attached hydrogen (secondary N) is 3. The number of hydrogen-bond acceptors (Lipinski definition) is 12. The number of nitrogens with zero attached hydrogens (tertiary/aromatic N) is 11. The van der Waals surface area contributed by atoms with Crippen LogP contribution in [0.25, 0.3) is 22.9 Å². The van der Waals surface area contributed by atoms with Crippen LogP contribution >= 0.6 is 0 Å². The molecule has 0 spiro atoms. The highest BCUT2D eigenvalue weighted by atomic mass is 19.4. The van der Waals surface area contributed by atoms with E-state index >= 15 is 0 Å². The summed E-state index contributed by atoms with van der Waals surface area (Å²) >= 11 is 0. The molecule has 6 aromatic heterocycles. The van der Waals surface area contributed by atoms with Gasteiger partial charge in [-0.05, 0) is 85.1 Å². The summed E-state index contributed by atoms with van der Waals surface area (Å²) in [6.45, 7) is 10.9. The molecular weight excluding hydrogens is 886 g/mol. The summed E-state index contributed by atoms with van der Waals surface area (Å²) in [5, 5.41) is 19.3. The molecule has 0 saturated carbocycles. The minimum Gasteiger partial charge on any atom is -0.444 e. The minimum atomic E-state index is -5.00. The lowest BCUT2D eigenvalue weighted by Gasteiger charge is -2.34. The second-order valence-corrected chi connectivity index (χ2v) is 18.5. The van der Waals surface area contributed by atoms with Crippen LogP contribution < -0.4 is 16.4 Å². The van der Waals surface area contributed by atoms with E-state index in [1.165, 1.54) is 68.7 Å². The molecule has 356 valence electrons. The van der Waals surface area contributed by atoms with Crippen molar-refractivity contribution in [3.8, 4) is 11.9 Å². The number of rotatable bonds is 9.